The van der Waals surface area contributed by atoms with Crippen molar-refractivity contribution in [3.63, 3.8) is 0 Å². The zero-order valence-corrected chi connectivity index (χ0v) is 9.83. The Hall–Kier alpha value is -1.85. The fraction of sp³-hybridized carbons (Fsp3) is 0.545. The fourth-order valence-corrected chi connectivity index (χ4v) is 1.93. The fourth-order valence-electron chi connectivity index (χ4n) is 1.93. The number of nitrogens with zero attached hydrogens (tertiary/aromatic N) is 3. The first kappa shape index (κ1) is 11.6. The van der Waals surface area contributed by atoms with Crippen LogP contribution in [0.5, 0.6) is 0 Å². The van der Waals surface area contributed by atoms with Gasteiger partial charge in [-0.3, -0.25) is 14.3 Å². The molecule has 0 radical (unpaired) electrons. The van der Waals surface area contributed by atoms with Gasteiger partial charge in [-0.2, -0.15) is 5.10 Å². The predicted molar refractivity (Wildman–Crippen MR) is 58.9 cm³/mol. The van der Waals surface area contributed by atoms with E-state index in [1.807, 2.05) is 13.2 Å². The van der Waals surface area contributed by atoms with Crippen molar-refractivity contribution >= 4 is 11.9 Å². The van der Waals surface area contributed by atoms with E-state index in [9.17, 15) is 9.59 Å². The van der Waals surface area contributed by atoms with E-state index in [2.05, 4.69) is 5.10 Å². The molecule has 0 bridgehead atoms. The van der Waals surface area contributed by atoms with Crippen molar-refractivity contribution in [3.8, 4) is 0 Å². The zero-order valence-electron chi connectivity index (χ0n) is 9.83. The standard InChI is InChI=1S/C11H15N3O3/c1-13(5-7-4-12-14(2)6-7)10(15)8-3-9(8)11(16)17/h4,6,8-9H,3,5H2,1-2H3,(H,16,17). The summed E-state index contributed by atoms with van der Waals surface area (Å²) in [7, 11) is 3.50. The molecule has 1 amide bonds. The quantitative estimate of drug-likeness (QED) is 0.805. The molecular formula is C11H15N3O3. The van der Waals surface area contributed by atoms with Crippen LogP contribution in [0.25, 0.3) is 0 Å². The van der Waals surface area contributed by atoms with Crippen molar-refractivity contribution in [2.24, 2.45) is 18.9 Å². The molecule has 6 nitrogen and oxygen atoms in total. The van der Waals surface area contributed by atoms with Gasteiger partial charge in [0, 0.05) is 32.4 Å². The van der Waals surface area contributed by atoms with Crippen LogP contribution in [-0.2, 0) is 23.2 Å². The third-order valence-corrected chi connectivity index (χ3v) is 2.98. The number of hydrogen-bond acceptors (Lipinski definition) is 3. The molecule has 0 aromatic carbocycles. The summed E-state index contributed by atoms with van der Waals surface area (Å²) in [6.45, 7) is 0.468. The normalized spacial score (nSPS) is 22.2. The molecule has 1 aromatic heterocycles. The molecule has 0 saturated heterocycles. The summed E-state index contributed by atoms with van der Waals surface area (Å²) in [6, 6.07) is 0. The highest BCUT2D eigenvalue weighted by atomic mass is 16.4. The summed E-state index contributed by atoms with van der Waals surface area (Å²) in [4.78, 5) is 24.1. The molecule has 2 atom stereocenters. The SMILES string of the molecule is CN(Cc1cnn(C)c1)C(=O)C1CC1C(=O)O. The summed E-state index contributed by atoms with van der Waals surface area (Å²) in [5.41, 5.74) is 0.941. The topological polar surface area (TPSA) is 75.4 Å². The molecule has 0 aliphatic heterocycles. The third kappa shape index (κ3) is 2.46. The molecule has 1 fully saturated rings. The molecule has 17 heavy (non-hydrogen) atoms. The van der Waals surface area contributed by atoms with Crippen LogP contribution in [0.1, 0.15) is 12.0 Å². The minimum atomic E-state index is -0.877. The Bertz CT molecular complexity index is 455. The van der Waals surface area contributed by atoms with Crippen molar-refractivity contribution in [2.45, 2.75) is 13.0 Å². The average Bonchev–Trinajstić information content (AvgIpc) is 2.96. The van der Waals surface area contributed by atoms with Crippen LogP contribution in [-0.4, -0.2) is 38.7 Å². The van der Waals surface area contributed by atoms with Crippen LogP contribution in [0.4, 0.5) is 0 Å². The van der Waals surface area contributed by atoms with E-state index >= 15 is 0 Å². The molecule has 1 aromatic rings. The average molecular weight is 237 g/mol. The van der Waals surface area contributed by atoms with Crippen LogP contribution in [0.2, 0.25) is 0 Å². The predicted octanol–water partition coefficient (Wildman–Crippen LogP) is 0.0992. The van der Waals surface area contributed by atoms with E-state index in [1.54, 1.807) is 22.8 Å². The molecule has 1 aliphatic carbocycles. The van der Waals surface area contributed by atoms with Crippen LogP contribution < -0.4 is 0 Å². The van der Waals surface area contributed by atoms with Gasteiger partial charge in [-0.05, 0) is 6.42 Å². The monoisotopic (exact) mass is 237 g/mol. The number of carbonyl (C=O) groups excluding carboxylic acids is 1. The lowest BCUT2D eigenvalue weighted by Crippen LogP contribution is -2.28. The summed E-state index contributed by atoms with van der Waals surface area (Å²) in [5.74, 6) is -1.80. The minimum Gasteiger partial charge on any atom is -0.481 e. The van der Waals surface area contributed by atoms with E-state index in [0.29, 0.717) is 13.0 Å². The van der Waals surface area contributed by atoms with Gasteiger partial charge in [0.15, 0.2) is 0 Å². The smallest absolute Gasteiger partial charge is 0.307 e. The Labute approximate surface area is 98.8 Å². The Morgan fingerprint density at radius 2 is 2.29 bits per heavy atom. The lowest BCUT2D eigenvalue weighted by molar-refractivity contribution is -0.141. The summed E-state index contributed by atoms with van der Waals surface area (Å²) in [5, 5.41) is 12.8. The summed E-state index contributed by atoms with van der Waals surface area (Å²) >= 11 is 0. The highest BCUT2D eigenvalue weighted by Crippen LogP contribution is 2.40. The number of aryl methyl sites for hydroxylation is 1. The lowest BCUT2D eigenvalue weighted by atomic mass is 10.2. The highest BCUT2D eigenvalue weighted by molar-refractivity contribution is 5.89. The minimum absolute atomic E-state index is 0.0961. The first-order valence-electron chi connectivity index (χ1n) is 5.44. The number of carboxylic acids is 1. The van der Waals surface area contributed by atoms with Crippen LogP contribution in [0, 0.1) is 11.8 Å². The Kier molecular flexibility index (Phi) is 2.87. The number of hydrogen-bond donors (Lipinski definition) is 1. The highest BCUT2D eigenvalue weighted by Gasteiger charge is 2.49. The number of aromatic nitrogens is 2. The summed E-state index contributed by atoms with van der Waals surface area (Å²) < 4.78 is 1.67. The Balaban J connectivity index is 1.91. The van der Waals surface area contributed by atoms with E-state index < -0.39 is 11.9 Å². The molecule has 6 heteroatoms. The molecule has 1 N–H and O–H groups in total. The summed E-state index contributed by atoms with van der Waals surface area (Å²) in [6.07, 6.45) is 4.00. The maximum atomic E-state index is 11.9. The van der Waals surface area contributed by atoms with Crippen LogP contribution >= 0.6 is 0 Å². The van der Waals surface area contributed by atoms with Gasteiger partial charge in [0.05, 0.1) is 18.0 Å². The second kappa shape index (κ2) is 4.20. The van der Waals surface area contributed by atoms with Crippen molar-refractivity contribution in [1.82, 2.24) is 14.7 Å². The van der Waals surface area contributed by atoms with E-state index in [-0.39, 0.29) is 11.8 Å². The number of rotatable bonds is 4. The maximum absolute atomic E-state index is 11.9. The van der Waals surface area contributed by atoms with Gasteiger partial charge >= 0.3 is 5.97 Å². The van der Waals surface area contributed by atoms with Crippen molar-refractivity contribution in [2.75, 3.05) is 7.05 Å². The lowest BCUT2D eigenvalue weighted by Gasteiger charge is -2.15. The van der Waals surface area contributed by atoms with Crippen LogP contribution in [0.15, 0.2) is 12.4 Å². The van der Waals surface area contributed by atoms with Gasteiger partial charge in [0.25, 0.3) is 0 Å². The van der Waals surface area contributed by atoms with E-state index in [1.165, 1.54) is 0 Å². The van der Waals surface area contributed by atoms with Crippen LogP contribution in [0.3, 0.4) is 0 Å². The third-order valence-electron chi connectivity index (χ3n) is 2.98. The molecule has 1 heterocycles. The Morgan fingerprint density at radius 3 is 2.76 bits per heavy atom. The molecule has 92 valence electrons. The maximum Gasteiger partial charge on any atom is 0.307 e. The van der Waals surface area contributed by atoms with Gasteiger partial charge in [-0.1, -0.05) is 0 Å². The second-order valence-corrected chi connectivity index (χ2v) is 4.50. The molecule has 1 saturated carbocycles. The first-order chi connectivity index (χ1) is 7.99. The zero-order chi connectivity index (χ0) is 12.6. The molecule has 2 rings (SSSR count). The number of carboxylic acid groups (broad SMARTS) is 1. The molecular weight excluding hydrogens is 222 g/mol. The molecule has 1 aliphatic rings. The molecule has 0 spiro atoms. The largest absolute Gasteiger partial charge is 0.481 e. The number of carbonyl (C=O) groups is 2. The number of amides is 1. The van der Waals surface area contributed by atoms with E-state index in [0.717, 1.165) is 5.56 Å². The molecule has 2 unspecified atom stereocenters. The second-order valence-electron chi connectivity index (χ2n) is 4.50. The van der Waals surface area contributed by atoms with Gasteiger partial charge in [0.1, 0.15) is 0 Å². The van der Waals surface area contributed by atoms with E-state index in [4.69, 9.17) is 5.11 Å². The number of aliphatic carboxylic acids is 1. The Morgan fingerprint density at radius 1 is 1.59 bits per heavy atom. The van der Waals surface area contributed by atoms with Gasteiger partial charge in [-0.15, -0.1) is 0 Å². The van der Waals surface area contributed by atoms with Crippen molar-refractivity contribution < 1.29 is 14.7 Å². The van der Waals surface area contributed by atoms with Gasteiger partial charge in [-0.25, -0.2) is 0 Å². The van der Waals surface area contributed by atoms with Gasteiger partial charge in [0.2, 0.25) is 5.91 Å². The first-order valence-corrected chi connectivity index (χ1v) is 5.44. The van der Waals surface area contributed by atoms with Crippen molar-refractivity contribution in [3.05, 3.63) is 18.0 Å². The van der Waals surface area contributed by atoms with Gasteiger partial charge < -0.3 is 10.0 Å². The van der Waals surface area contributed by atoms with Crippen molar-refractivity contribution in [1.29, 1.82) is 0 Å².